The molecule has 0 fully saturated rings. The maximum absolute atomic E-state index is 12.3. The molecule has 1 aromatic rings. The number of carbonyl (C=O) groups is 1. The topological polar surface area (TPSA) is 55.8 Å². The van der Waals surface area contributed by atoms with Crippen molar-refractivity contribution < 1.29 is 19.2 Å². The van der Waals surface area contributed by atoms with Gasteiger partial charge in [-0.3, -0.25) is 0 Å². The van der Waals surface area contributed by atoms with Gasteiger partial charge >= 0.3 is 13.1 Å². The largest absolute Gasteiger partial charge is 0.536 e. The quantitative estimate of drug-likeness (QED) is 0.683. The maximum Gasteiger partial charge on any atom is 0.522 e. The van der Waals surface area contributed by atoms with Gasteiger partial charge in [-0.2, -0.15) is 0 Å². The van der Waals surface area contributed by atoms with Gasteiger partial charge in [-0.1, -0.05) is 25.7 Å². The van der Waals surface area contributed by atoms with Crippen molar-refractivity contribution >= 4 is 21.2 Å². The lowest BCUT2D eigenvalue weighted by atomic mass is 9.84. The van der Waals surface area contributed by atoms with Crippen LogP contribution < -0.4 is 4.65 Å². The molecule has 0 amide bonds. The summed E-state index contributed by atoms with van der Waals surface area (Å²) in [5, 5.41) is 9.79. The van der Waals surface area contributed by atoms with Crippen LogP contribution in [-0.4, -0.2) is 32.8 Å². The monoisotopic (exact) mass is 320 g/mol. The highest BCUT2D eigenvalue weighted by molar-refractivity contribution is 6.76. The van der Waals surface area contributed by atoms with E-state index in [-0.39, 0.29) is 5.97 Å². The van der Waals surface area contributed by atoms with Gasteiger partial charge in [0.2, 0.25) is 0 Å². The molecule has 4 nitrogen and oxygen atoms in total. The molecule has 0 radical (unpaired) electrons. The first-order valence-corrected chi connectivity index (χ1v) is 11.6. The molecule has 1 heterocycles. The van der Waals surface area contributed by atoms with Crippen molar-refractivity contribution in [2.75, 3.05) is 6.61 Å². The van der Waals surface area contributed by atoms with E-state index in [2.05, 4.69) is 19.6 Å². The number of carbonyl (C=O) groups excluding carboxylic acids is 1. The van der Waals surface area contributed by atoms with Gasteiger partial charge in [-0.25, -0.2) is 4.79 Å². The van der Waals surface area contributed by atoms with Gasteiger partial charge in [-0.15, -0.1) is 0 Å². The molecule has 2 rings (SSSR count). The Labute approximate surface area is 134 Å². The van der Waals surface area contributed by atoms with E-state index in [0.717, 1.165) is 30.0 Å². The lowest BCUT2D eigenvalue weighted by Crippen LogP contribution is -2.23. The van der Waals surface area contributed by atoms with Crippen LogP contribution >= 0.6 is 0 Å². The Morgan fingerprint density at radius 1 is 1.41 bits per heavy atom. The molecular weight excluding hydrogens is 295 g/mol. The summed E-state index contributed by atoms with van der Waals surface area (Å²) in [6.07, 6.45) is 2.36. The first kappa shape index (κ1) is 17.1. The van der Waals surface area contributed by atoms with Crippen LogP contribution in [0.3, 0.4) is 0 Å². The Morgan fingerprint density at radius 3 is 2.82 bits per heavy atom. The van der Waals surface area contributed by atoms with Crippen LogP contribution in [0.4, 0.5) is 0 Å². The molecule has 0 spiro atoms. The minimum atomic E-state index is -1.21. The van der Waals surface area contributed by atoms with E-state index in [1.165, 1.54) is 0 Å². The van der Waals surface area contributed by atoms with E-state index in [1.807, 2.05) is 19.1 Å². The molecule has 1 N–H and O–H groups in total. The number of aryl methyl sites for hydroxylation is 1. The van der Waals surface area contributed by atoms with Gasteiger partial charge < -0.3 is 14.4 Å². The van der Waals surface area contributed by atoms with Gasteiger partial charge in [0.1, 0.15) is 5.75 Å². The fourth-order valence-corrected chi connectivity index (χ4v) is 3.23. The van der Waals surface area contributed by atoms with Crippen molar-refractivity contribution in [3.05, 3.63) is 28.8 Å². The van der Waals surface area contributed by atoms with Crippen LogP contribution in [-0.2, 0) is 11.2 Å². The lowest BCUT2D eigenvalue weighted by molar-refractivity contribution is 0.0524. The van der Waals surface area contributed by atoms with Crippen molar-refractivity contribution in [3.63, 3.8) is 0 Å². The molecule has 0 aromatic heterocycles. The predicted octanol–water partition coefficient (Wildman–Crippen LogP) is 3.30. The van der Waals surface area contributed by atoms with Crippen molar-refractivity contribution in [2.45, 2.75) is 51.8 Å². The Hall–Kier alpha value is -1.27. The summed E-state index contributed by atoms with van der Waals surface area (Å²) in [6.45, 7) is 9.08. The molecule has 1 aliphatic rings. The summed E-state index contributed by atoms with van der Waals surface area (Å²) >= 11 is 0. The molecule has 1 aliphatic heterocycles. The smallest absolute Gasteiger partial charge is 0.522 e. The number of ether oxygens (including phenoxy) is 1. The summed E-state index contributed by atoms with van der Waals surface area (Å²) < 4.78 is 11.0. The van der Waals surface area contributed by atoms with Crippen LogP contribution in [0.5, 0.6) is 5.75 Å². The minimum absolute atomic E-state index is 0.305. The van der Waals surface area contributed by atoms with Crippen molar-refractivity contribution in [1.29, 1.82) is 0 Å². The molecule has 1 aromatic carbocycles. The normalized spacial score (nSPS) is 14.9. The van der Waals surface area contributed by atoms with Crippen LogP contribution in [0.1, 0.15) is 27.9 Å². The van der Waals surface area contributed by atoms with E-state index in [1.54, 1.807) is 0 Å². The average molecular weight is 320 g/mol. The van der Waals surface area contributed by atoms with Gasteiger partial charge in [-0.05, 0) is 43.8 Å². The standard InChI is InChI=1S/C16H25BO4Si/c1-12-14(16(18)20-10-11-22(2,3)4)8-7-13-6-5-9-17(19)21-15(12)13/h7-8,19H,5-6,9-11H2,1-4H3. The Kier molecular flexibility index (Phi) is 5.34. The van der Waals surface area contributed by atoms with Crippen molar-refractivity contribution in [1.82, 2.24) is 0 Å². The minimum Gasteiger partial charge on any atom is -0.536 e. The fraction of sp³-hybridized carbons (Fsp3) is 0.562. The fourth-order valence-electron chi connectivity index (χ4n) is 2.52. The van der Waals surface area contributed by atoms with Crippen LogP contribution in [0.15, 0.2) is 12.1 Å². The molecule has 0 aliphatic carbocycles. The molecule has 0 saturated carbocycles. The third kappa shape index (κ3) is 4.37. The number of hydrogen-bond donors (Lipinski definition) is 1. The molecule has 0 atom stereocenters. The van der Waals surface area contributed by atoms with E-state index >= 15 is 0 Å². The van der Waals surface area contributed by atoms with Crippen LogP contribution in [0, 0.1) is 6.92 Å². The Morgan fingerprint density at radius 2 is 2.14 bits per heavy atom. The molecule has 120 valence electrons. The first-order chi connectivity index (χ1) is 10.3. The summed E-state index contributed by atoms with van der Waals surface area (Å²) in [5.74, 6) is 0.338. The number of benzene rings is 1. The molecule has 22 heavy (non-hydrogen) atoms. The van der Waals surface area contributed by atoms with Gasteiger partial charge in [0.05, 0.1) is 12.2 Å². The van der Waals surface area contributed by atoms with Gasteiger partial charge in [0.15, 0.2) is 0 Å². The van der Waals surface area contributed by atoms with Crippen molar-refractivity contribution in [3.8, 4) is 5.75 Å². The molecule has 6 heteroatoms. The average Bonchev–Trinajstić information content (AvgIpc) is 2.59. The lowest BCUT2D eigenvalue weighted by Gasteiger charge is -2.17. The third-order valence-electron chi connectivity index (χ3n) is 3.94. The summed E-state index contributed by atoms with van der Waals surface area (Å²) in [5.41, 5.74) is 2.34. The molecule has 0 saturated heterocycles. The second-order valence-electron chi connectivity index (χ2n) is 7.14. The number of rotatable bonds is 4. The van der Waals surface area contributed by atoms with E-state index in [4.69, 9.17) is 9.39 Å². The highest BCUT2D eigenvalue weighted by atomic mass is 28.3. The Balaban J connectivity index is 2.13. The SMILES string of the molecule is Cc1c(C(=O)OCC[Si](C)(C)C)ccc2c1OB(O)CCC2. The number of esters is 1. The maximum atomic E-state index is 12.3. The Bertz CT molecular complexity index is 554. The van der Waals surface area contributed by atoms with Gasteiger partial charge in [0, 0.05) is 13.6 Å². The zero-order chi connectivity index (χ0) is 16.3. The zero-order valence-corrected chi connectivity index (χ0v) is 14.9. The molecule has 0 unspecified atom stereocenters. The summed E-state index contributed by atoms with van der Waals surface area (Å²) in [4.78, 5) is 12.3. The van der Waals surface area contributed by atoms with Crippen LogP contribution in [0.25, 0.3) is 0 Å². The van der Waals surface area contributed by atoms with Gasteiger partial charge in [0.25, 0.3) is 0 Å². The zero-order valence-electron chi connectivity index (χ0n) is 13.9. The van der Waals surface area contributed by atoms with E-state index in [9.17, 15) is 9.82 Å². The second-order valence-corrected chi connectivity index (χ2v) is 12.8. The number of fused-ring (bicyclic) bond motifs is 1. The first-order valence-electron chi connectivity index (χ1n) is 7.92. The highest BCUT2D eigenvalue weighted by Crippen LogP contribution is 2.31. The third-order valence-corrected chi connectivity index (χ3v) is 5.65. The summed E-state index contributed by atoms with van der Waals surface area (Å²) in [6, 6.07) is 4.68. The molecule has 0 bridgehead atoms. The van der Waals surface area contributed by atoms with E-state index in [0.29, 0.717) is 24.2 Å². The summed E-state index contributed by atoms with van der Waals surface area (Å²) in [7, 11) is -2.01. The second kappa shape index (κ2) is 6.88. The van der Waals surface area contributed by atoms with Crippen molar-refractivity contribution in [2.24, 2.45) is 0 Å². The highest BCUT2D eigenvalue weighted by Gasteiger charge is 2.25. The predicted molar refractivity (Wildman–Crippen MR) is 91.3 cm³/mol. The van der Waals surface area contributed by atoms with E-state index < -0.39 is 15.2 Å². The number of hydrogen-bond acceptors (Lipinski definition) is 4. The molecular formula is C16H25BO4Si. The van der Waals surface area contributed by atoms with Crippen LogP contribution in [0.2, 0.25) is 32.0 Å².